The van der Waals surface area contributed by atoms with Gasteiger partial charge in [-0.15, -0.1) is 0 Å². The summed E-state index contributed by atoms with van der Waals surface area (Å²) >= 11 is 0. The summed E-state index contributed by atoms with van der Waals surface area (Å²) in [6, 6.07) is 7.38. The third kappa shape index (κ3) is 4.12. The van der Waals surface area contributed by atoms with Crippen molar-refractivity contribution in [2.24, 2.45) is 11.8 Å². The van der Waals surface area contributed by atoms with Gasteiger partial charge in [0.15, 0.2) is 0 Å². The molecule has 0 unspecified atom stereocenters. The Labute approximate surface area is 136 Å². The van der Waals surface area contributed by atoms with E-state index >= 15 is 0 Å². The molecule has 0 aliphatic heterocycles. The minimum absolute atomic E-state index is 0.234. The lowest BCUT2D eigenvalue weighted by molar-refractivity contribution is -0.313. The first-order valence-electron chi connectivity index (χ1n) is 7.69. The van der Waals surface area contributed by atoms with Crippen LogP contribution >= 0.6 is 0 Å². The van der Waals surface area contributed by atoms with E-state index in [1.807, 2.05) is 38.1 Å². The molecule has 124 valence electrons. The molecule has 1 aromatic rings. The van der Waals surface area contributed by atoms with E-state index in [1.54, 1.807) is 7.11 Å². The lowest BCUT2D eigenvalue weighted by atomic mass is 9.76. The van der Waals surface area contributed by atoms with E-state index in [9.17, 15) is 14.7 Å². The maximum absolute atomic E-state index is 12.4. The number of ether oxygens (including phenoxy) is 1. The molecular formula is C18H22NO4-. The highest BCUT2D eigenvalue weighted by Gasteiger charge is 2.33. The molecule has 0 fully saturated rings. The normalized spacial score (nSPS) is 21.0. The topological polar surface area (TPSA) is 78.5 Å². The summed E-state index contributed by atoms with van der Waals surface area (Å²) in [5.74, 6) is -1.96. The molecule has 5 nitrogen and oxygen atoms in total. The molecule has 1 amide bonds. The van der Waals surface area contributed by atoms with Gasteiger partial charge in [0.05, 0.1) is 7.11 Å². The Bertz CT molecular complexity index is 618. The number of carboxylic acids is 1. The Morgan fingerprint density at radius 1 is 1.13 bits per heavy atom. The number of methoxy groups -OCH3 is 1. The predicted molar refractivity (Wildman–Crippen MR) is 84.4 cm³/mol. The molecule has 0 saturated carbocycles. The third-order valence-corrected chi connectivity index (χ3v) is 4.53. The van der Waals surface area contributed by atoms with E-state index in [4.69, 9.17) is 4.74 Å². The molecular weight excluding hydrogens is 294 g/mol. The van der Waals surface area contributed by atoms with Crippen molar-refractivity contribution in [1.29, 1.82) is 0 Å². The van der Waals surface area contributed by atoms with Gasteiger partial charge in [0, 0.05) is 24.3 Å². The third-order valence-electron chi connectivity index (χ3n) is 4.53. The van der Waals surface area contributed by atoms with Crippen LogP contribution in [0.3, 0.4) is 0 Å². The number of amides is 1. The van der Waals surface area contributed by atoms with E-state index in [-0.39, 0.29) is 5.91 Å². The molecule has 2 rings (SSSR count). The Kier molecular flexibility index (Phi) is 5.42. The molecule has 0 saturated heterocycles. The van der Waals surface area contributed by atoms with Gasteiger partial charge in [-0.25, -0.2) is 0 Å². The number of aliphatic carboxylic acids is 1. The second-order valence-corrected chi connectivity index (χ2v) is 6.07. The van der Waals surface area contributed by atoms with Crippen LogP contribution in [0.1, 0.15) is 32.3 Å². The van der Waals surface area contributed by atoms with Gasteiger partial charge >= 0.3 is 0 Å². The summed E-state index contributed by atoms with van der Waals surface area (Å²) in [5.41, 5.74) is 3.06. The SMILES string of the molecule is COc1ccc(CNC(=O)[C@@H]2CC(C)=C(C)C[C@@H]2C(=O)[O-])cc1. The molecule has 0 radical (unpaired) electrons. The summed E-state index contributed by atoms with van der Waals surface area (Å²) < 4.78 is 5.09. The number of carbonyl (C=O) groups is 2. The van der Waals surface area contributed by atoms with Gasteiger partial charge in [-0.3, -0.25) is 4.79 Å². The molecule has 0 bridgehead atoms. The molecule has 1 aliphatic carbocycles. The number of carbonyl (C=O) groups excluding carboxylic acids is 2. The van der Waals surface area contributed by atoms with Crippen LogP contribution in [-0.4, -0.2) is 19.0 Å². The number of hydrogen-bond acceptors (Lipinski definition) is 4. The van der Waals surface area contributed by atoms with Crippen molar-refractivity contribution in [3.8, 4) is 5.75 Å². The van der Waals surface area contributed by atoms with Crippen LogP contribution in [0.2, 0.25) is 0 Å². The standard InChI is InChI=1S/C18H23NO4/c1-11-8-15(16(18(21)22)9-12(11)2)17(20)19-10-13-4-6-14(23-3)7-5-13/h4-7,15-16H,8-10H2,1-3H3,(H,19,20)(H,21,22)/p-1/t15-,16+/m1/s1. The predicted octanol–water partition coefficient (Wildman–Crippen LogP) is 1.42. The molecule has 1 aromatic carbocycles. The lowest BCUT2D eigenvalue weighted by Gasteiger charge is -2.32. The summed E-state index contributed by atoms with van der Waals surface area (Å²) in [6.45, 7) is 4.22. The van der Waals surface area contributed by atoms with Crippen molar-refractivity contribution in [3.63, 3.8) is 0 Å². The highest BCUT2D eigenvalue weighted by Crippen LogP contribution is 2.34. The van der Waals surface area contributed by atoms with E-state index in [0.717, 1.165) is 22.5 Å². The maximum Gasteiger partial charge on any atom is 0.224 e. The molecule has 1 N–H and O–H groups in total. The fourth-order valence-corrected chi connectivity index (χ4v) is 2.88. The zero-order valence-corrected chi connectivity index (χ0v) is 13.7. The fourth-order valence-electron chi connectivity index (χ4n) is 2.88. The maximum atomic E-state index is 12.4. The molecule has 0 spiro atoms. The van der Waals surface area contributed by atoms with Crippen molar-refractivity contribution in [2.75, 3.05) is 7.11 Å². The second-order valence-electron chi connectivity index (χ2n) is 6.07. The molecule has 0 aromatic heterocycles. The first-order chi connectivity index (χ1) is 10.9. The Morgan fingerprint density at radius 3 is 2.22 bits per heavy atom. The molecule has 1 aliphatic rings. The van der Waals surface area contributed by atoms with Crippen molar-refractivity contribution >= 4 is 11.9 Å². The number of benzene rings is 1. The van der Waals surface area contributed by atoms with Crippen LogP contribution in [0, 0.1) is 11.8 Å². The summed E-state index contributed by atoms with van der Waals surface area (Å²) in [5, 5.41) is 14.2. The highest BCUT2D eigenvalue weighted by atomic mass is 16.5. The zero-order chi connectivity index (χ0) is 17.0. The van der Waals surface area contributed by atoms with Gasteiger partial charge in [0.1, 0.15) is 5.75 Å². The first kappa shape index (κ1) is 17.1. The second kappa shape index (κ2) is 7.31. The lowest BCUT2D eigenvalue weighted by Crippen LogP contribution is -2.44. The van der Waals surface area contributed by atoms with Crippen LogP contribution in [0.15, 0.2) is 35.4 Å². The molecule has 23 heavy (non-hydrogen) atoms. The number of hydrogen-bond donors (Lipinski definition) is 1. The van der Waals surface area contributed by atoms with Crippen molar-refractivity contribution in [1.82, 2.24) is 5.32 Å². The van der Waals surface area contributed by atoms with E-state index in [1.165, 1.54) is 0 Å². The Hall–Kier alpha value is -2.30. The van der Waals surface area contributed by atoms with Crippen molar-refractivity contribution < 1.29 is 19.4 Å². The molecule has 0 heterocycles. The van der Waals surface area contributed by atoms with E-state index in [0.29, 0.717) is 19.4 Å². The van der Waals surface area contributed by atoms with Crippen LogP contribution in [-0.2, 0) is 16.1 Å². The molecule has 5 heteroatoms. The van der Waals surface area contributed by atoms with Crippen molar-refractivity contribution in [2.45, 2.75) is 33.2 Å². The van der Waals surface area contributed by atoms with Crippen LogP contribution in [0.5, 0.6) is 5.75 Å². The van der Waals surface area contributed by atoms with Crippen LogP contribution in [0.4, 0.5) is 0 Å². The minimum Gasteiger partial charge on any atom is -0.550 e. The first-order valence-corrected chi connectivity index (χ1v) is 7.69. The monoisotopic (exact) mass is 316 g/mol. The number of allylic oxidation sites excluding steroid dienone is 2. The van der Waals surface area contributed by atoms with Gasteiger partial charge in [-0.05, 0) is 44.4 Å². The van der Waals surface area contributed by atoms with Crippen molar-refractivity contribution in [3.05, 3.63) is 41.0 Å². The average molecular weight is 316 g/mol. The molecule has 2 atom stereocenters. The Balaban J connectivity index is 2.02. The van der Waals surface area contributed by atoms with Gasteiger partial charge in [0.2, 0.25) is 5.91 Å². The fraction of sp³-hybridized carbons (Fsp3) is 0.444. The highest BCUT2D eigenvalue weighted by molar-refractivity contribution is 5.85. The van der Waals surface area contributed by atoms with Gasteiger partial charge < -0.3 is 20.0 Å². The largest absolute Gasteiger partial charge is 0.550 e. The summed E-state index contributed by atoms with van der Waals surface area (Å²) in [4.78, 5) is 23.8. The quantitative estimate of drug-likeness (QED) is 0.833. The van der Waals surface area contributed by atoms with E-state index in [2.05, 4.69) is 5.32 Å². The Morgan fingerprint density at radius 2 is 1.70 bits per heavy atom. The number of nitrogens with one attached hydrogen (secondary N) is 1. The van der Waals surface area contributed by atoms with E-state index < -0.39 is 17.8 Å². The van der Waals surface area contributed by atoms with Gasteiger partial charge in [0.25, 0.3) is 0 Å². The zero-order valence-electron chi connectivity index (χ0n) is 13.7. The summed E-state index contributed by atoms with van der Waals surface area (Å²) in [6.07, 6.45) is 0.855. The van der Waals surface area contributed by atoms with Gasteiger partial charge in [-0.1, -0.05) is 23.3 Å². The smallest absolute Gasteiger partial charge is 0.224 e. The average Bonchev–Trinajstić information content (AvgIpc) is 2.55. The van der Waals surface area contributed by atoms with Crippen LogP contribution < -0.4 is 15.2 Å². The summed E-state index contributed by atoms with van der Waals surface area (Å²) in [7, 11) is 1.60. The number of carboxylic acid groups (broad SMARTS) is 1. The minimum atomic E-state index is -1.15. The number of rotatable bonds is 5. The van der Waals surface area contributed by atoms with Gasteiger partial charge in [-0.2, -0.15) is 0 Å². The van der Waals surface area contributed by atoms with Crippen LogP contribution in [0.25, 0.3) is 0 Å².